The van der Waals surface area contributed by atoms with Crippen molar-refractivity contribution in [3.8, 4) is 0 Å². The maximum atomic E-state index is 12.7. The lowest BCUT2D eigenvalue weighted by Crippen LogP contribution is -2.58. The van der Waals surface area contributed by atoms with E-state index in [2.05, 4.69) is 42.3 Å². The summed E-state index contributed by atoms with van der Waals surface area (Å²) in [4.78, 5) is 26.3. The SMILES string of the molecule is COC[C@@H](C)n1c(CCCC(=O)N2CCN(C)C(C)(C)C2)nc2cccnc21. The number of rotatable bonds is 7. The Labute approximate surface area is 167 Å². The number of aryl methyl sites for hydroxylation is 1. The van der Waals surface area contributed by atoms with E-state index in [-0.39, 0.29) is 17.5 Å². The Morgan fingerprint density at radius 1 is 1.36 bits per heavy atom. The molecule has 1 atom stereocenters. The number of aromatic nitrogens is 3. The molecule has 1 aliphatic heterocycles. The summed E-state index contributed by atoms with van der Waals surface area (Å²) < 4.78 is 7.50. The number of amides is 1. The zero-order valence-electron chi connectivity index (χ0n) is 17.8. The Hall–Kier alpha value is -1.99. The first-order valence-electron chi connectivity index (χ1n) is 10.1. The lowest BCUT2D eigenvalue weighted by atomic mass is 9.99. The highest BCUT2D eigenvalue weighted by Gasteiger charge is 2.32. The molecule has 154 valence electrons. The standard InChI is InChI=1S/C21H33N5O2/c1-16(14-28-5)26-18(23-17-8-7-11-22-20(17)26)9-6-10-19(27)25-13-12-24(4)21(2,3)15-25/h7-8,11,16H,6,9-10,12-15H2,1-5H3/t16-/m1/s1. The summed E-state index contributed by atoms with van der Waals surface area (Å²) in [5, 5.41) is 0. The minimum atomic E-state index is 0.0309. The highest BCUT2D eigenvalue weighted by Crippen LogP contribution is 2.22. The molecule has 0 aliphatic carbocycles. The van der Waals surface area contributed by atoms with Crippen molar-refractivity contribution >= 4 is 17.1 Å². The number of ether oxygens (including phenoxy) is 1. The third-order valence-electron chi connectivity index (χ3n) is 5.83. The molecule has 0 bridgehead atoms. The second-order valence-electron chi connectivity index (χ2n) is 8.45. The zero-order valence-corrected chi connectivity index (χ0v) is 17.8. The normalized spacial score (nSPS) is 18.5. The van der Waals surface area contributed by atoms with Crippen LogP contribution in [0, 0.1) is 0 Å². The number of likely N-dealkylation sites (N-methyl/N-ethyl adjacent to an activating group) is 1. The van der Waals surface area contributed by atoms with Gasteiger partial charge >= 0.3 is 0 Å². The van der Waals surface area contributed by atoms with Crippen molar-refractivity contribution in [2.24, 2.45) is 0 Å². The van der Waals surface area contributed by atoms with E-state index in [1.165, 1.54) is 0 Å². The van der Waals surface area contributed by atoms with Crippen LogP contribution in [-0.4, -0.2) is 76.2 Å². The molecule has 1 amide bonds. The van der Waals surface area contributed by atoms with E-state index < -0.39 is 0 Å². The van der Waals surface area contributed by atoms with Crippen molar-refractivity contribution < 1.29 is 9.53 Å². The fraction of sp³-hybridized carbons (Fsp3) is 0.667. The molecule has 0 N–H and O–H groups in total. The van der Waals surface area contributed by atoms with Crippen LogP contribution in [0.4, 0.5) is 0 Å². The largest absolute Gasteiger partial charge is 0.383 e. The summed E-state index contributed by atoms with van der Waals surface area (Å²) in [6.07, 6.45) is 3.89. The Kier molecular flexibility index (Phi) is 6.35. The van der Waals surface area contributed by atoms with Gasteiger partial charge in [0.25, 0.3) is 0 Å². The summed E-state index contributed by atoms with van der Waals surface area (Å²) in [6, 6.07) is 4.04. The first-order valence-corrected chi connectivity index (χ1v) is 10.1. The monoisotopic (exact) mass is 387 g/mol. The Bertz CT molecular complexity index is 816. The van der Waals surface area contributed by atoms with Crippen LogP contribution in [0.1, 0.15) is 45.5 Å². The van der Waals surface area contributed by atoms with Gasteiger partial charge < -0.3 is 14.2 Å². The summed E-state index contributed by atoms with van der Waals surface area (Å²) in [5.41, 5.74) is 1.81. The summed E-state index contributed by atoms with van der Waals surface area (Å²) in [6.45, 7) is 9.62. The fourth-order valence-corrected chi connectivity index (χ4v) is 3.94. The molecular weight excluding hydrogens is 354 g/mol. The van der Waals surface area contributed by atoms with Gasteiger partial charge in [0.05, 0.1) is 12.6 Å². The van der Waals surface area contributed by atoms with Gasteiger partial charge in [-0.3, -0.25) is 9.69 Å². The number of nitrogens with zero attached hydrogens (tertiary/aromatic N) is 5. The molecule has 0 unspecified atom stereocenters. The van der Waals surface area contributed by atoms with Crippen LogP contribution in [0.15, 0.2) is 18.3 Å². The van der Waals surface area contributed by atoms with Crippen LogP contribution in [0.25, 0.3) is 11.2 Å². The van der Waals surface area contributed by atoms with Crippen molar-refractivity contribution in [3.63, 3.8) is 0 Å². The van der Waals surface area contributed by atoms with E-state index in [4.69, 9.17) is 9.72 Å². The highest BCUT2D eigenvalue weighted by molar-refractivity contribution is 5.76. The van der Waals surface area contributed by atoms with E-state index in [1.54, 1.807) is 13.3 Å². The van der Waals surface area contributed by atoms with Gasteiger partial charge in [-0.15, -0.1) is 0 Å². The number of pyridine rings is 1. The average molecular weight is 388 g/mol. The molecule has 0 saturated carbocycles. The Morgan fingerprint density at radius 3 is 2.86 bits per heavy atom. The molecule has 1 saturated heterocycles. The van der Waals surface area contributed by atoms with E-state index in [1.807, 2.05) is 17.0 Å². The number of hydrogen-bond donors (Lipinski definition) is 0. The van der Waals surface area contributed by atoms with E-state index >= 15 is 0 Å². The van der Waals surface area contributed by atoms with E-state index in [9.17, 15) is 4.79 Å². The van der Waals surface area contributed by atoms with Crippen molar-refractivity contribution in [2.75, 3.05) is 40.4 Å². The lowest BCUT2D eigenvalue weighted by Gasteiger charge is -2.45. The van der Waals surface area contributed by atoms with Crippen LogP contribution < -0.4 is 0 Å². The van der Waals surface area contributed by atoms with Gasteiger partial charge in [-0.25, -0.2) is 9.97 Å². The van der Waals surface area contributed by atoms with Crippen LogP contribution >= 0.6 is 0 Å². The number of methoxy groups -OCH3 is 1. The smallest absolute Gasteiger partial charge is 0.222 e. The van der Waals surface area contributed by atoms with Crippen molar-refractivity contribution in [1.82, 2.24) is 24.3 Å². The van der Waals surface area contributed by atoms with Crippen LogP contribution in [0.2, 0.25) is 0 Å². The molecule has 2 aromatic rings. The predicted molar refractivity (Wildman–Crippen MR) is 110 cm³/mol. The van der Waals surface area contributed by atoms with Crippen molar-refractivity contribution in [1.29, 1.82) is 0 Å². The number of carbonyl (C=O) groups is 1. The molecule has 1 aliphatic rings. The topological polar surface area (TPSA) is 63.5 Å². The minimum Gasteiger partial charge on any atom is -0.383 e. The maximum Gasteiger partial charge on any atom is 0.222 e. The number of imidazole rings is 1. The second kappa shape index (κ2) is 8.57. The molecule has 0 aromatic carbocycles. The van der Waals surface area contributed by atoms with Crippen molar-refractivity contribution in [2.45, 2.75) is 51.6 Å². The molecule has 2 aromatic heterocycles. The molecule has 28 heavy (non-hydrogen) atoms. The van der Waals surface area contributed by atoms with Gasteiger partial charge in [0.15, 0.2) is 5.65 Å². The Morgan fingerprint density at radius 2 is 2.14 bits per heavy atom. The predicted octanol–water partition coefficient (Wildman–Crippen LogP) is 2.51. The molecule has 1 fully saturated rings. The van der Waals surface area contributed by atoms with Gasteiger partial charge in [-0.1, -0.05) is 0 Å². The van der Waals surface area contributed by atoms with Crippen LogP contribution in [-0.2, 0) is 16.0 Å². The number of fused-ring (bicyclic) bond motifs is 1. The average Bonchev–Trinajstić information content (AvgIpc) is 3.02. The lowest BCUT2D eigenvalue weighted by molar-refractivity contribution is -0.135. The molecule has 7 heteroatoms. The number of piperazine rings is 1. The fourth-order valence-electron chi connectivity index (χ4n) is 3.94. The molecule has 3 rings (SSSR count). The molecule has 0 spiro atoms. The Balaban J connectivity index is 1.65. The molecular formula is C21H33N5O2. The van der Waals surface area contributed by atoms with E-state index in [0.717, 1.165) is 49.5 Å². The first-order chi connectivity index (χ1) is 13.3. The van der Waals surface area contributed by atoms with Gasteiger partial charge in [0, 0.05) is 51.3 Å². The first kappa shape index (κ1) is 20.7. The number of hydrogen-bond acceptors (Lipinski definition) is 5. The summed E-state index contributed by atoms with van der Waals surface area (Å²) in [5.74, 6) is 1.22. The third kappa shape index (κ3) is 4.36. The second-order valence-corrected chi connectivity index (χ2v) is 8.45. The highest BCUT2D eigenvalue weighted by atomic mass is 16.5. The third-order valence-corrected chi connectivity index (χ3v) is 5.83. The number of carbonyl (C=O) groups excluding carboxylic acids is 1. The van der Waals surface area contributed by atoms with E-state index in [0.29, 0.717) is 13.0 Å². The molecule has 0 radical (unpaired) electrons. The molecule has 7 nitrogen and oxygen atoms in total. The van der Waals surface area contributed by atoms with Gasteiger partial charge in [-0.05, 0) is 46.4 Å². The van der Waals surface area contributed by atoms with Crippen LogP contribution in [0.5, 0.6) is 0 Å². The maximum absolute atomic E-state index is 12.7. The van der Waals surface area contributed by atoms with Gasteiger partial charge in [0.1, 0.15) is 11.3 Å². The molecule has 3 heterocycles. The summed E-state index contributed by atoms with van der Waals surface area (Å²) in [7, 11) is 3.83. The van der Waals surface area contributed by atoms with Gasteiger partial charge in [0.2, 0.25) is 5.91 Å². The summed E-state index contributed by atoms with van der Waals surface area (Å²) >= 11 is 0. The van der Waals surface area contributed by atoms with Gasteiger partial charge in [-0.2, -0.15) is 0 Å². The minimum absolute atomic E-state index is 0.0309. The quantitative estimate of drug-likeness (QED) is 0.730. The van der Waals surface area contributed by atoms with Crippen molar-refractivity contribution in [3.05, 3.63) is 24.2 Å². The zero-order chi connectivity index (χ0) is 20.3. The van der Waals surface area contributed by atoms with Crippen LogP contribution in [0.3, 0.4) is 0 Å².